The van der Waals surface area contributed by atoms with Gasteiger partial charge < -0.3 is 10.1 Å². The predicted octanol–water partition coefficient (Wildman–Crippen LogP) is 1.84. The highest BCUT2D eigenvalue weighted by atomic mass is 19.1. The molecule has 0 aliphatic heterocycles. The van der Waals surface area contributed by atoms with Gasteiger partial charge in [0.25, 0.3) is 0 Å². The van der Waals surface area contributed by atoms with Crippen LogP contribution in [0.2, 0.25) is 0 Å². The van der Waals surface area contributed by atoms with Gasteiger partial charge in [0.05, 0.1) is 0 Å². The fourth-order valence-electron chi connectivity index (χ4n) is 1.42. The Labute approximate surface area is 75.0 Å². The molecule has 0 saturated carbocycles. The summed E-state index contributed by atoms with van der Waals surface area (Å²) in [5.41, 5.74) is 1.84. The van der Waals surface area contributed by atoms with Gasteiger partial charge >= 0.3 is 0 Å². The van der Waals surface area contributed by atoms with E-state index >= 15 is 0 Å². The summed E-state index contributed by atoms with van der Waals surface area (Å²) in [5.74, 6) is -0.234. The Kier molecular flexibility index (Phi) is 2.02. The van der Waals surface area contributed by atoms with Gasteiger partial charge in [0.2, 0.25) is 0 Å². The van der Waals surface area contributed by atoms with Crippen molar-refractivity contribution in [2.75, 3.05) is 6.61 Å². The molecule has 0 saturated heterocycles. The lowest BCUT2D eigenvalue weighted by molar-refractivity contribution is 0.298. The molecule has 1 aromatic heterocycles. The van der Waals surface area contributed by atoms with E-state index in [0.717, 1.165) is 16.6 Å². The Morgan fingerprint density at radius 1 is 1.31 bits per heavy atom. The van der Waals surface area contributed by atoms with Crippen LogP contribution in [0.1, 0.15) is 5.69 Å². The second-order valence-electron chi connectivity index (χ2n) is 3.00. The van der Waals surface area contributed by atoms with Crippen molar-refractivity contribution in [3.8, 4) is 0 Å². The Morgan fingerprint density at radius 2 is 2.15 bits per heavy atom. The summed E-state index contributed by atoms with van der Waals surface area (Å²) in [6.07, 6.45) is 0.580. The SMILES string of the molecule is OCCc1cc2cc(F)ccc2[nH]1. The second kappa shape index (κ2) is 3.18. The van der Waals surface area contributed by atoms with Crippen molar-refractivity contribution in [1.29, 1.82) is 0 Å². The number of H-pyrrole nitrogens is 1. The molecule has 2 rings (SSSR count). The molecule has 2 aromatic rings. The van der Waals surface area contributed by atoms with Crippen molar-refractivity contribution in [3.05, 3.63) is 35.8 Å². The van der Waals surface area contributed by atoms with Gasteiger partial charge in [0.1, 0.15) is 5.82 Å². The molecule has 68 valence electrons. The van der Waals surface area contributed by atoms with Gasteiger partial charge in [-0.25, -0.2) is 4.39 Å². The summed E-state index contributed by atoms with van der Waals surface area (Å²) in [6.45, 7) is 0.106. The van der Waals surface area contributed by atoms with E-state index in [1.165, 1.54) is 12.1 Å². The Balaban J connectivity index is 2.49. The molecule has 3 heteroatoms. The van der Waals surface area contributed by atoms with Gasteiger partial charge in [-0.15, -0.1) is 0 Å². The molecule has 0 aliphatic carbocycles. The second-order valence-corrected chi connectivity index (χ2v) is 3.00. The lowest BCUT2D eigenvalue weighted by atomic mass is 10.2. The largest absolute Gasteiger partial charge is 0.396 e. The molecule has 1 heterocycles. The lowest BCUT2D eigenvalue weighted by Crippen LogP contribution is -1.88. The molecular formula is C10H10FNO. The zero-order valence-electron chi connectivity index (χ0n) is 7.05. The summed E-state index contributed by atoms with van der Waals surface area (Å²) in [6, 6.07) is 6.45. The van der Waals surface area contributed by atoms with E-state index in [1.54, 1.807) is 6.07 Å². The molecule has 0 amide bonds. The van der Waals surface area contributed by atoms with Gasteiger partial charge in [-0.2, -0.15) is 0 Å². The quantitative estimate of drug-likeness (QED) is 0.725. The predicted molar refractivity (Wildman–Crippen MR) is 49.0 cm³/mol. The van der Waals surface area contributed by atoms with Crippen molar-refractivity contribution >= 4 is 10.9 Å². The summed E-state index contributed by atoms with van der Waals surface area (Å²) in [4.78, 5) is 3.10. The maximum atomic E-state index is 12.8. The number of halogens is 1. The fourth-order valence-corrected chi connectivity index (χ4v) is 1.42. The van der Waals surface area contributed by atoms with Crippen LogP contribution < -0.4 is 0 Å². The monoisotopic (exact) mass is 179 g/mol. The third kappa shape index (κ3) is 1.55. The van der Waals surface area contributed by atoms with E-state index in [1.807, 2.05) is 6.07 Å². The van der Waals surface area contributed by atoms with E-state index in [9.17, 15) is 4.39 Å². The first-order valence-electron chi connectivity index (χ1n) is 4.17. The summed E-state index contributed by atoms with van der Waals surface area (Å²) >= 11 is 0. The number of rotatable bonds is 2. The van der Waals surface area contributed by atoms with Gasteiger partial charge in [0, 0.05) is 29.6 Å². The molecule has 0 fully saturated rings. The highest BCUT2D eigenvalue weighted by molar-refractivity contribution is 5.80. The molecular weight excluding hydrogens is 169 g/mol. The minimum absolute atomic E-state index is 0.106. The van der Waals surface area contributed by atoms with Crippen LogP contribution in [-0.2, 0) is 6.42 Å². The molecule has 0 atom stereocenters. The van der Waals surface area contributed by atoms with Crippen LogP contribution in [-0.4, -0.2) is 16.7 Å². The average Bonchev–Trinajstić information content (AvgIpc) is 2.46. The zero-order valence-corrected chi connectivity index (χ0v) is 7.05. The molecule has 0 unspecified atom stereocenters. The van der Waals surface area contributed by atoms with Gasteiger partial charge in [0.15, 0.2) is 0 Å². The highest BCUT2D eigenvalue weighted by Crippen LogP contribution is 2.16. The maximum absolute atomic E-state index is 12.8. The number of benzene rings is 1. The molecule has 13 heavy (non-hydrogen) atoms. The van der Waals surface area contributed by atoms with E-state index in [0.29, 0.717) is 6.42 Å². The fraction of sp³-hybridized carbons (Fsp3) is 0.200. The van der Waals surface area contributed by atoms with Crippen LogP contribution in [0, 0.1) is 5.82 Å². The lowest BCUT2D eigenvalue weighted by Gasteiger charge is -1.89. The standard InChI is InChI=1S/C10H10FNO/c11-8-1-2-10-7(5-8)6-9(12-10)3-4-13/h1-2,5-6,12-13H,3-4H2. The van der Waals surface area contributed by atoms with Crippen LogP contribution in [0.15, 0.2) is 24.3 Å². The van der Waals surface area contributed by atoms with Crippen LogP contribution in [0.4, 0.5) is 4.39 Å². The minimum atomic E-state index is -0.234. The molecule has 0 bridgehead atoms. The number of fused-ring (bicyclic) bond motifs is 1. The molecule has 2 nitrogen and oxygen atoms in total. The van der Waals surface area contributed by atoms with Crippen molar-refractivity contribution in [1.82, 2.24) is 4.98 Å². The van der Waals surface area contributed by atoms with Crippen molar-refractivity contribution in [3.63, 3.8) is 0 Å². The van der Waals surface area contributed by atoms with Gasteiger partial charge in [-0.1, -0.05) is 0 Å². The van der Waals surface area contributed by atoms with Crippen LogP contribution in [0.5, 0.6) is 0 Å². The van der Waals surface area contributed by atoms with Crippen LogP contribution in [0.25, 0.3) is 10.9 Å². The van der Waals surface area contributed by atoms with Crippen molar-refractivity contribution in [2.24, 2.45) is 0 Å². The van der Waals surface area contributed by atoms with Crippen LogP contribution in [0.3, 0.4) is 0 Å². The number of nitrogens with one attached hydrogen (secondary N) is 1. The zero-order chi connectivity index (χ0) is 9.26. The first kappa shape index (κ1) is 8.26. The molecule has 0 aliphatic rings. The number of hydrogen-bond donors (Lipinski definition) is 2. The molecule has 0 radical (unpaired) electrons. The highest BCUT2D eigenvalue weighted by Gasteiger charge is 2.00. The van der Waals surface area contributed by atoms with E-state index < -0.39 is 0 Å². The number of aromatic nitrogens is 1. The molecule has 0 spiro atoms. The van der Waals surface area contributed by atoms with Crippen molar-refractivity contribution < 1.29 is 9.50 Å². The van der Waals surface area contributed by atoms with Crippen molar-refractivity contribution in [2.45, 2.75) is 6.42 Å². The Hall–Kier alpha value is -1.35. The maximum Gasteiger partial charge on any atom is 0.123 e. The molecule has 1 aromatic carbocycles. The minimum Gasteiger partial charge on any atom is -0.396 e. The van der Waals surface area contributed by atoms with E-state index in [-0.39, 0.29) is 12.4 Å². The summed E-state index contributed by atoms with van der Waals surface area (Å²) < 4.78 is 12.8. The Morgan fingerprint density at radius 3 is 2.92 bits per heavy atom. The number of aromatic amines is 1. The first-order valence-corrected chi connectivity index (χ1v) is 4.17. The molecule has 2 N–H and O–H groups in total. The van der Waals surface area contributed by atoms with Gasteiger partial charge in [-0.05, 0) is 24.3 Å². The number of hydrogen-bond acceptors (Lipinski definition) is 1. The smallest absolute Gasteiger partial charge is 0.123 e. The topological polar surface area (TPSA) is 36.0 Å². The normalized spacial score (nSPS) is 10.9. The average molecular weight is 179 g/mol. The Bertz CT molecular complexity index is 422. The summed E-state index contributed by atoms with van der Waals surface area (Å²) in [5, 5.41) is 9.56. The first-order chi connectivity index (χ1) is 6.29. The third-order valence-corrected chi connectivity index (χ3v) is 2.02. The number of aliphatic hydroxyl groups excluding tert-OH is 1. The van der Waals surface area contributed by atoms with E-state index in [2.05, 4.69) is 4.98 Å². The summed E-state index contributed by atoms with van der Waals surface area (Å²) in [7, 11) is 0. The number of aliphatic hydroxyl groups is 1. The van der Waals surface area contributed by atoms with E-state index in [4.69, 9.17) is 5.11 Å². The van der Waals surface area contributed by atoms with Gasteiger partial charge in [-0.3, -0.25) is 0 Å². The van der Waals surface area contributed by atoms with Crippen LogP contribution >= 0.6 is 0 Å². The third-order valence-electron chi connectivity index (χ3n) is 2.02.